The van der Waals surface area contributed by atoms with E-state index in [9.17, 15) is 14.7 Å². The maximum atomic E-state index is 12.7. The molecule has 4 N–H and O–H groups in total. The lowest BCUT2D eigenvalue weighted by molar-refractivity contribution is -0.122. The van der Waals surface area contributed by atoms with Crippen LogP contribution in [0.1, 0.15) is 42.3 Å². The van der Waals surface area contributed by atoms with Gasteiger partial charge in [-0.15, -0.1) is 0 Å². The lowest BCUT2D eigenvalue weighted by Crippen LogP contribution is -2.43. The SMILES string of the molecule is CC(C)(C)C(=O)c1cc(O)ccc1C[C@H](N)C(=O)NCCc1ccccc1. The fourth-order valence-corrected chi connectivity index (χ4v) is 2.79. The summed E-state index contributed by atoms with van der Waals surface area (Å²) < 4.78 is 0. The first-order chi connectivity index (χ1) is 12.7. The molecule has 0 spiro atoms. The van der Waals surface area contributed by atoms with Crippen LogP contribution in [0, 0.1) is 5.41 Å². The Morgan fingerprint density at radius 2 is 1.78 bits per heavy atom. The first kappa shape index (κ1) is 20.6. The molecule has 0 fully saturated rings. The number of Topliss-reactive ketones (excluding diaryl/α,β-unsaturated/α-hetero) is 1. The molecule has 144 valence electrons. The second-order valence-corrected chi connectivity index (χ2v) is 7.76. The van der Waals surface area contributed by atoms with Crippen molar-refractivity contribution in [2.75, 3.05) is 6.54 Å². The number of ketones is 1. The number of rotatable bonds is 7. The summed E-state index contributed by atoms with van der Waals surface area (Å²) in [5.41, 5.74) is 7.69. The zero-order chi connectivity index (χ0) is 20.0. The fraction of sp³-hybridized carbons (Fsp3) is 0.364. The van der Waals surface area contributed by atoms with Gasteiger partial charge in [-0.1, -0.05) is 57.2 Å². The van der Waals surface area contributed by atoms with Gasteiger partial charge in [0.1, 0.15) is 5.75 Å². The number of hydrogen-bond acceptors (Lipinski definition) is 4. The maximum absolute atomic E-state index is 12.7. The van der Waals surface area contributed by atoms with Crippen LogP contribution in [-0.2, 0) is 17.6 Å². The lowest BCUT2D eigenvalue weighted by Gasteiger charge is -2.20. The Labute approximate surface area is 160 Å². The standard InChI is InChI=1S/C22H28N2O3/c1-22(2,3)20(26)18-14-17(25)10-9-16(18)13-19(23)21(27)24-12-11-15-7-5-4-6-8-15/h4-10,14,19,25H,11-13,23H2,1-3H3,(H,24,27)/t19-/m0/s1. The average Bonchev–Trinajstić information content (AvgIpc) is 2.62. The highest BCUT2D eigenvalue weighted by molar-refractivity contribution is 6.01. The zero-order valence-corrected chi connectivity index (χ0v) is 16.2. The topological polar surface area (TPSA) is 92.4 Å². The normalized spacial score (nSPS) is 12.4. The first-order valence-corrected chi connectivity index (χ1v) is 9.12. The van der Waals surface area contributed by atoms with Crippen LogP contribution < -0.4 is 11.1 Å². The molecule has 27 heavy (non-hydrogen) atoms. The summed E-state index contributed by atoms with van der Waals surface area (Å²) >= 11 is 0. The molecular weight excluding hydrogens is 340 g/mol. The molecule has 1 atom stereocenters. The third-order valence-corrected chi connectivity index (χ3v) is 4.35. The van der Waals surface area contributed by atoms with Crippen molar-refractivity contribution in [2.24, 2.45) is 11.1 Å². The van der Waals surface area contributed by atoms with E-state index in [4.69, 9.17) is 5.73 Å². The number of carbonyl (C=O) groups is 2. The van der Waals surface area contributed by atoms with Crippen molar-refractivity contribution in [2.45, 2.75) is 39.7 Å². The van der Waals surface area contributed by atoms with E-state index in [1.807, 2.05) is 51.1 Å². The van der Waals surface area contributed by atoms with E-state index in [0.29, 0.717) is 17.7 Å². The second kappa shape index (κ2) is 8.82. The Balaban J connectivity index is 2.01. The second-order valence-electron chi connectivity index (χ2n) is 7.76. The molecular formula is C22H28N2O3. The summed E-state index contributed by atoms with van der Waals surface area (Å²) in [7, 11) is 0. The molecule has 0 saturated carbocycles. The summed E-state index contributed by atoms with van der Waals surface area (Å²) in [4.78, 5) is 25.0. The fourth-order valence-electron chi connectivity index (χ4n) is 2.79. The quantitative estimate of drug-likeness (QED) is 0.655. The predicted octanol–water partition coefficient (Wildman–Crippen LogP) is 2.85. The van der Waals surface area contributed by atoms with E-state index in [0.717, 1.165) is 12.0 Å². The van der Waals surface area contributed by atoms with Gasteiger partial charge in [0.25, 0.3) is 0 Å². The lowest BCUT2D eigenvalue weighted by atomic mass is 9.83. The van der Waals surface area contributed by atoms with Crippen molar-refractivity contribution in [1.82, 2.24) is 5.32 Å². The van der Waals surface area contributed by atoms with Gasteiger partial charge in [-0.2, -0.15) is 0 Å². The molecule has 5 heteroatoms. The first-order valence-electron chi connectivity index (χ1n) is 9.12. The Morgan fingerprint density at radius 1 is 1.11 bits per heavy atom. The highest BCUT2D eigenvalue weighted by Gasteiger charge is 2.26. The molecule has 2 rings (SSSR count). The zero-order valence-electron chi connectivity index (χ0n) is 16.2. The van der Waals surface area contributed by atoms with Crippen molar-refractivity contribution in [3.05, 3.63) is 65.2 Å². The summed E-state index contributed by atoms with van der Waals surface area (Å²) in [5, 5.41) is 12.6. The van der Waals surface area contributed by atoms with Crippen molar-refractivity contribution < 1.29 is 14.7 Å². The predicted molar refractivity (Wildman–Crippen MR) is 107 cm³/mol. The van der Waals surface area contributed by atoms with Crippen LogP contribution >= 0.6 is 0 Å². The van der Waals surface area contributed by atoms with Crippen molar-refractivity contribution in [3.63, 3.8) is 0 Å². The third-order valence-electron chi connectivity index (χ3n) is 4.35. The summed E-state index contributed by atoms with van der Waals surface area (Å²) in [6.07, 6.45) is 0.959. The number of phenolic OH excluding ortho intramolecular Hbond substituents is 1. The van der Waals surface area contributed by atoms with Crippen LogP contribution in [0.15, 0.2) is 48.5 Å². The van der Waals surface area contributed by atoms with Crippen LogP contribution in [0.5, 0.6) is 5.75 Å². The molecule has 0 unspecified atom stereocenters. The molecule has 0 aliphatic heterocycles. The minimum absolute atomic E-state index is 0.0206. The number of phenols is 1. The monoisotopic (exact) mass is 368 g/mol. The highest BCUT2D eigenvalue weighted by Crippen LogP contribution is 2.26. The number of benzene rings is 2. The Morgan fingerprint density at radius 3 is 2.41 bits per heavy atom. The van der Waals surface area contributed by atoms with Gasteiger partial charge in [0.2, 0.25) is 5.91 Å². The molecule has 0 saturated heterocycles. The largest absolute Gasteiger partial charge is 0.508 e. The van der Waals surface area contributed by atoms with Crippen LogP contribution in [0.4, 0.5) is 0 Å². The number of carbonyl (C=O) groups excluding carboxylic acids is 2. The van der Waals surface area contributed by atoms with E-state index >= 15 is 0 Å². The Bertz CT molecular complexity index is 795. The number of nitrogens with two attached hydrogens (primary N) is 1. The van der Waals surface area contributed by atoms with Crippen molar-refractivity contribution >= 4 is 11.7 Å². The van der Waals surface area contributed by atoms with Crippen molar-refractivity contribution in [3.8, 4) is 5.75 Å². The molecule has 0 aliphatic rings. The minimum Gasteiger partial charge on any atom is -0.508 e. The van der Waals surface area contributed by atoms with E-state index in [2.05, 4.69) is 5.32 Å². The molecule has 0 heterocycles. The van der Waals surface area contributed by atoms with Crippen LogP contribution in [-0.4, -0.2) is 29.4 Å². The van der Waals surface area contributed by atoms with Gasteiger partial charge in [0.05, 0.1) is 6.04 Å². The van der Waals surface area contributed by atoms with Gasteiger partial charge in [-0.05, 0) is 36.1 Å². The molecule has 0 aliphatic carbocycles. The van der Waals surface area contributed by atoms with E-state index < -0.39 is 11.5 Å². The number of hydrogen-bond donors (Lipinski definition) is 3. The minimum atomic E-state index is -0.767. The average molecular weight is 368 g/mol. The van der Waals surface area contributed by atoms with Crippen LogP contribution in [0.2, 0.25) is 0 Å². The molecule has 0 aromatic heterocycles. The number of aromatic hydroxyl groups is 1. The van der Waals surface area contributed by atoms with E-state index in [1.54, 1.807) is 6.07 Å². The molecule has 0 bridgehead atoms. The smallest absolute Gasteiger partial charge is 0.237 e. The van der Waals surface area contributed by atoms with E-state index in [-0.39, 0.29) is 23.9 Å². The maximum Gasteiger partial charge on any atom is 0.237 e. The Hall–Kier alpha value is -2.66. The Kier molecular flexibility index (Phi) is 6.75. The van der Waals surface area contributed by atoms with Crippen LogP contribution in [0.3, 0.4) is 0 Å². The van der Waals surface area contributed by atoms with Crippen LogP contribution in [0.25, 0.3) is 0 Å². The van der Waals surface area contributed by atoms with Gasteiger partial charge >= 0.3 is 0 Å². The highest BCUT2D eigenvalue weighted by atomic mass is 16.3. The van der Waals surface area contributed by atoms with Gasteiger partial charge in [0, 0.05) is 17.5 Å². The van der Waals surface area contributed by atoms with Crippen molar-refractivity contribution in [1.29, 1.82) is 0 Å². The molecule has 2 aromatic carbocycles. The van der Waals surface area contributed by atoms with E-state index in [1.165, 1.54) is 12.1 Å². The molecule has 1 amide bonds. The number of nitrogens with one attached hydrogen (secondary N) is 1. The van der Waals surface area contributed by atoms with Gasteiger partial charge in [-0.3, -0.25) is 9.59 Å². The summed E-state index contributed by atoms with van der Waals surface area (Å²) in [5.74, 6) is -0.328. The molecule has 0 radical (unpaired) electrons. The molecule has 5 nitrogen and oxygen atoms in total. The molecule has 2 aromatic rings. The summed E-state index contributed by atoms with van der Waals surface area (Å²) in [6.45, 7) is 5.96. The van der Waals surface area contributed by atoms with Gasteiger partial charge in [0.15, 0.2) is 5.78 Å². The van der Waals surface area contributed by atoms with Gasteiger partial charge < -0.3 is 16.2 Å². The third kappa shape index (κ3) is 5.93. The summed E-state index contributed by atoms with van der Waals surface area (Å²) in [6, 6.07) is 13.7. The number of amides is 1. The van der Waals surface area contributed by atoms with Gasteiger partial charge in [-0.25, -0.2) is 0 Å².